The lowest BCUT2D eigenvalue weighted by atomic mass is 10.0. The highest BCUT2D eigenvalue weighted by molar-refractivity contribution is 5.78. The van der Waals surface area contributed by atoms with Crippen molar-refractivity contribution in [3.8, 4) is 34.0 Å². The van der Waals surface area contributed by atoms with Gasteiger partial charge in [0.05, 0.1) is 12.8 Å². The molecule has 150 valence electrons. The third kappa shape index (κ3) is 4.18. The van der Waals surface area contributed by atoms with Gasteiger partial charge in [0.15, 0.2) is 0 Å². The maximum atomic E-state index is 5.37. The lowest BCUT2D eigenvalue weighted by Crippen LogP contribution is -2.03. The average molecular weight is 405 g/mol. The van der Waals surface area contributed by atoms with E-state index in [1.165, 1.54) is 0 Å². The van der Waals surface area contributed by atoms with Crippen molar-refractivity contribution < 1.29 is 4.42 Å². The van der Waals surface area contributed by atoms with Gasteiger partial charge >= 0.3 is 0 Å². The van der Waals surface area contributed by atoms with Crippen LogP contribution in [0.5, 0.6) is 0 Å². The highest BCUT2D eigenvalue weighted by atomic mass is 16.3. The van der Waals surface area contributed by atoms with Crippen molar-refractivity contribution in [3.05, 3.63) is 103 Å². The van der Waals surface area contributed by atoms with Gasteiger partial charge in [-0.25, -0.2) is 9.97 Å². The number of aromatic nitrogens is 4. The van der Waals surface area contributed by atoms with Crippen molar-refractivity contribution in [3.63, 3.8) is 0 Å². The molecule has 1 N–H and O–H groups in total. The van der Waals surface area contributed by atoms with Crippen LogP contribution in [-0.4, -0.2) is 20.2 Å². The monoisotopic (exact) mass is 405 g/mol. The Morgan fingerprint density at radius 1 is 0.645 bits per heavy atom. The fourth-order valence-electron chi connectivity index (χ4n) is 3.27. The van der Waals surface area contributed by atoms with Crippen LogP contribution in [0.4, 0.5) is 5.82 Å². The fourth-order valence-corrected chi connectivity index (χ4v) is 3.27. The first-order chi connectivity index (χ1) is 15.4. The molecule has 0 aliphatic carbocycles. The first kappa shape index (κ1) is 18.7. The normalized spacial score (nSPS) is 10.7. The summed E-state index contributed by atoms with van der Waals surface area (Å²) in [4.78, 5) is 9.52. The molecule has 0 fully saturated rings. The third-order valence-electron chi connectivity index (χ3n) is 4.78. The van der Waals surface area contributed by atoms with Gasteiger partial charge in [0.25, 0.3) is 0 Å². The zero-order chi connectivity index (χ0) is 20.9. The van der Waals surface area contributed by atoms with Crippen molar-refractivity contribution in [1.82, 2.24) is 20.2 Å². The zero-order valence-corrected chi connectivity index (χ0v) is 16.6. The van der Waals surface area contributed by atoms with Crippen molar-refractivity contribution in [2.75, 3.05) is 5.32 Å². The molecule has 5 rings (SSSR count). The molecule has 0 atom stereocenters. The minimum absolute atomic E-state index is 0.472. The number of benzene rings is 2. The number of hydrogen-bond acceptors (Lipinski definition) is 6. The van der Waals surface area contributed by atoms with E-state index in [0.29, 0.717) is 23.9 Å². The van der Waals surface area contributed by atoms with Gasteiger partial charge < -0.3 is 9.73 Å². The second kappa shape index (κ2) is 8.59. The van der Waals surface area contributed by atoms with Gasteiger partial charge in [-0.05, 0) is 24.3 Å². The van der Waals surface area contributed by atoms with Crippen LogP contribution in [0.3, 0.4) is 0 Å². The van der Waals surface area contributed by atoms with Crippen molar-refractivity contribution >= 4 is 5.82 Å². The van der Waals surface area contributed by atoms with E-state index in [0.717, 1.165) is 28.3 Å². The van der Waals surface area contributed by atoms with Gasteiger partial charge in [0.1, 0.15) is 28.7 Å². The molecule has 2 aromatic carbocycles. The Balaban J connectivity index is 1.52. The molecule has 0 unspecified atom stereocenters. The predicted octanol–water partition coefficient (Wildman–Crippen LogP) is 5.47. The molecule has 0 amide bonds. The molecule has 6 heteroatoms. The SMILES string of the molecule is c1ccc(-c2nnc(-c3cccc(NCc4ccco4)n3)nc2-c2ccccc2)cc1. The summed E-state index contributed by atoms with van der Waals surface area (Å²) in [6, 6.07) is 29.4. The van der Waals surface area contributed by atoms with Crippen molar-refractivity contribution in [2.24, 2.45) is 0 Å². The highest BCUT2D eigenvalue weighted by Gasteiger charge is 2.15. The zero-order valence-electron chi connectivity index (χ0n) is 16.6. The van der Waals surface area contributed by atoms with Crippen molar-refractivity contribution in [1.29, 1.82) is 0 Å². The highest BCUT2D eigenvalue weighted by Crippen LogP contribution is 2.29. The number of furan rings is 1. The predicted molar refractivity (Wildman–Crippen MR) is 120 cm³/mol. The van der Waals surface area contributed by atoms with E-state index in [1.54, 1.807) is 6.26 Å². The second-order valence-electron chi connectivity index (χ2n) is 6.91. The van der Waals surface area contributed by atoms with E-state index in [-0.39, 0.29) is 0 Å². The topological polar surface area (TPSA) is 76.7 Å². The maximum absolute atomic E-state index is 5.37. The van der Waals surface area contributed by atoms with Gasteiger partial charge in [0.2, 0.25) is 5.82 Å². The number of hydrogen-bond donors (Lipinski definition) is 1. The molecular formula is C25H19N5O. The first-order valence-corrected chi connectivity index (χ1v) is 9.96. The minimum atomic E-state index is 0.472. The molecule has 0 aliphatic rings. The third-order valence-corrected chi connectivity index (χ3v) is 4.78. The van der Waals surface area contributed by atoms with Gasteiger partial charge in [-0.3, -0.25) is 0 Å². The number of nitrogens with zero attached hydrogens (tertiary/aromatic N) is 4. The average Bonchev–Trinajstić information content (AvgIpc) is 3.38. The smallest absolute Gasteiger partial charge is 0.201 e. The second-order valence-corrected chi connectivity index (χ2v) is 6.91. The summed E-state index contributed by atoms with van der Waals surface area (Å²) in [6.07, 6.45) is 1.65. The summed E-state index contributed by atoms with van der Waals surface area (Å²) < 4.78 is 5.37. The fraction of sp³-hybridized carbons (Fsp3) is 0.0400. The summed E-state index contributed by atoms with van der Waals surface area (Å²) in [7, 11) is 0. The van der Waals surface area contributed by atoms with Crippen LogP contribution in [0.1, 0.15) is 5.76 Å². The molecule has 0 bridgehead atoms. The Hall–Kier alpha value is -4.32. The van der Waals surface area contributed by atoms with Crippen molar-refractivity contribution in [2.45, 2.75) is 6.54 Å². The number of pyridine rings is 1. The molecule has 31 heavy (non-hydrogen) atoms. The Morgan fingerprint density at radius 2 is 1.39 bits per heavy atom. The molecule has 5 aromatic rings. The van der Waals surface area contributed by atoms with Crippen LogP contribution in [0.2, 0.25) is 0 Å². The van der Waals surface area contributed by atoms with Crippen LogP contribution >= 0.6 is 0 Å². The largest absolute Gasteiger partial charge is 0.467 e. The van der Waals surface area contributed by atoms with Crippen LogP contribution in [0.15, 0.2) is 102 Å². The Labute approximate surface area is 179 Å². The summed E-state index contributed by atoms with van der Waals surface area (Å²) in [5.41, 5.74) is 4.10. The molecule has 0 saturated heterocycles. The standard InChI is InChI=1S/C25H19N5O/c1-3-9-18(10-4-1)23-24(19-11-5-2-6-12-19)29-30-25(28-23)21-14-7-15-22(27-21)26-17-20-13-8-16-31-20/h1-16H,17H2,(H,26,27). The summed E-state index contributed by atoms with van der Waals surface area (Å²) in [5.74, 6) is 2.02. The van der Waals surface area contributed by atoms with E-state index in [1.807, 2.05) is 91.0 Å². The summed E-state index contributed by atoms with van der Waals surface area (Å²) >= 11 is 0. The molecule has 0 radical (unpaired) electrons. The Morgan fingerprint density at radius 3 is 2.10 bits per heavy atom. The number of anilines is 1. The van der Waals surface area contributed by atoms with Crippen LogP contribution in [-0.2, 0) is 6.54 Å². The first-order valence-electron chi connectivity index (χ1n) is 9.96. The van der Waals surface area contributed by atoms with Crippen LogP contribution in [0, 0.1) is 0 Å². The minimum Gasteiger partial charge on any atom is -0.467 e. The molecule has 0 spiro atoms. The Bertz CT molecular complexity index is 1270. The van der Waals surface area contributed by atoms with E-state index < -0.39 is 0 Å². The Kier molecular flexibility index (Phi) is 5.18. The molecule has 3 heterocycles. The summed E-state index contributed by atoms with van der Waals surface area (Å²) in [6.45, 7) is 0.546. The molecule has 6 nitrogen and oxygen atoms in total. The number of nitrogens with one attached hydrogen (secondary N) is 1. The maximum Gasteiger partial charge on any atom is 0.201 e. The number of rotatable bonds is 6. The quantitative estimate of drug-likeness (QED) is 0.403. The molecule has 3 aromatic heterocycles. The van der Waals surface area contributed by atoms with Crippen LogP contribution < -0.4 is 5.32 Å². The molecular weight excluding hydrogens is 386 g/mol. The molecule has 0 saturated carbocycles. The van der Waals surface area contributed by atoms with E-state index in [9.17, 15) is 0 Å². The van der Waals surface area contributed by atoms with Gasteiger partial charge in [-0.1, -0.05) is 66.7 Å². The van der Waals surface area contributed by atoms with Gasteiger partial charge in [0, 0.05) is 11.1 Å². The van der Waals surface area contributed by atoms with E-state index in [4.69, 9.17) is 9.40 Å². The van der Waals surface area contributed by atoms with Crippen LogP contribution in [0.25, 0.3) is 34.0 Å². The van der Waals surface area contributed by atoms with Gasteiger partial charge in [-0.15, -0.1) is 10.2 Å². The lowest BCUT2D eigenvalue weighted by molar-refractivity contribution is 0.518. The molecule has 0 aliphatic heterocycles. The summed E-state index contributed by atoms with van der Waals surface area (Å²) in [5, 5.41) is 12.2. The van der Waals surface area contributed by atoms with Gasteiger partial charge in [-0.2, -0.15) is 0 Å². The van der Waals surface area contributed by atoms with E-state index >= 15 is 0 Å². The lowest BCUT2D eigenvalue weighted by Gasteiger charge is -2.10. The van der Waals surface area contributed by atoms with E-state index in [2.05, 4.69) is 20.5 Å².